The van der Waals surface area contributed by atoms with Gasteiger partial charge in [0.25, 0.3) is 0 Å². The van der Waals surface area contributed by atoms with Gasteiger partial charge in [-0.25, -0.2) is 0 Å². The Hall–Kier alpha value is -0.930. The Morgan fingerprint density at radius 3 is 2.95 bits per heavy atom. The fourth-order valence-electron chi connectivity index (χ4n) is 2.89. The molecular weight excluding hydrogens is 262 g/mol. The molecule has 0 aromatic heterocycles. The van der Waals surface area contributed by atoms with Gasteiger partial charge >= 0.3 is 0 Å². The highest BCUT2D eigenvalue weighted by Gasteiger charge is 2.41. The minimum atomic E-state index is 0. The minimum absolute atomic E-state index is 0. The van der Waals surface area contributed by atoms with Gasteiger partial charge in [-0.2, -0.15) is 0 Å². The first-order valence-electron chi connectivity index (χ1n) is 6.96. The Balaban J connectivity index is 0.00000133. The maximum absolute atomic E-state index is 5.91. The average molecular weight is 284 g/mol. The fourth-order valence-corrected chi connectivity index (χ4v) is 2.89. The number of nitrogens with two attached hydrogens (primary N) is 1. The molecule has 1 aliphatic carbocycles. The Labute approximate surface area is 120 Å². The molecule has 0 radical (unpaired) electrons. The lowest BCUT2D eigenvalue weighted by Crippen LogP contribution is -2.05. The molecule has 1 aromatic carbocycles. The monoisotopic (exact) mass is 283 g/mol. The largest absolute Gasteiger partial charge is 0.493 e. The summed E-state index contributed by atoms with van der Waals surface area (Å²) in [5.74, 6) is 3.35. The number of benzene rings is 1. The van der Waals surface area contributed by atoms with E-state index in [0.29, 0.717) is 11.8 Å². The standard InChI is InChI=1S/C15H21NO2.ClH/c1-2-6-17-14-4-3-13-11(5-7-18-13)15(14)12-8-10(12)9-16;/h3-4,10,12H,2,5-9,16H2,1H3;1H/t10-,12+;/m1./s1. The van der Waals surface area contributed by atoms with Crippen LogP contribution in [0.4, 0.5) is 0 Å². The van der Waals surface area contributed by atoms with Crippen LogP contribution in [0.25, 0.3) is 0 Å². The number of halogens is 1. The van der Waals surface area contributed by atoms with Crippen molar-refractivity contribution < 1.29 is 9.47 Å². The lowest BCUT2D eigenvalue weighted by atomic mass is 9.98. The second kappa shape index (κ2) is 6.02. The highest BCUT2D eigenvalue weighted by Crippen LogP contribution is 2.53. The molecule has 0 saturated heterocycles. The summed E-state index contributed by atoms with van der Waals surface area (Å²) in [4.78, 5) is 0. The second-order valence-corrected chi connectivity index (χ2v) is 5.24. The van der Waals surface area contributed by atoms with E-state index in [-0.39, 0.29) is 12.4 Å². The van der Waals surface area contributed by atoms with E-state index in [9.17, 15) is 0 Å². The summed E-state index contributed by atoms with van der Waals surface area (Å²) >= 11 is 0. The molecule has 3 rings (SSSR count). The van der Waals surface area contributed by atoms with Crippen LogP contribution in [0.15, 0.2) is 12.1 Å². The number of hydrogen-bond donors (Lipinski definition) is 1. The number of ether oxygens (including phenoxy) is 2. The van der Waals surface area contributed by atoms with Crippen LogP contribution >= 0.6 is 12.4 Å². The third-order valence-corrected chi connectivity index (χ3v) is 3.94. The molecule has 2 atom stereocenters. The molecule has 19 heavy (non-hydrogen) atoms. The van der Waals surface area contributed by atoms with Crippen molar-refractivity contribution in [1.29, 1.82) is 0 Å². The molecule has 0 bridgehead atoms. The molecule has 1 saturated carbocycles. The van der Waals surface area contributed by atoms with Crippen LogP contribution < -0.4 is 15.2 Å². The van der Waals surface area contributed by atoms with E-state index < -0.39 is 0 Å². The van der Waals surface area contributed by atoms with Crippen LogP contribution in [-0.2, 0) is 6.42 Å². The third-order valence-electron chi connectivity index (χ3n) is 3.94. The van der Waals surface area contributed by atoms with Crippen molar-refractivity contribution in [3.8, 4) is 11.5 Å². The topological polar surface area (TPSA) is 44.5 Å². The smallest absolute Gasteiger partial charge is 0.123 e. The van der Waals surface area contributed by atoms with Gasteiger partial charge in [0.1, 0.15) is 11.5 Å². The van der Waals surface area contributed by atoms with Gasteiger partial charge in [0, 0.05) is 17.5 Å². The molecule has 4 heteroatoms. The van der Waals surface area contributed by atoms with E-state index in [4.69, 9.17) is 15.2 Å². The molecule has 1 heterocycles. The first-order chi connectivity index (χ1) is 8.85. The fraction of sp³-hybridized carbons (Fsp3) is 0.600. The van der Waals surface area contributed by atoms with Gasteiger partial charge in [0.05, 0.1) is 13.2 Å². The quantitative estimate of drug-likeness (QED) is 0.904. The first-order valence-corrected chi connectivity index (χ1v) is 6.96. The van der Waals surface area contributed by atoms with Crippen LogP contribution in [0.3, 0.4) is 0 Å². The van der Waals surface area contributed by atoms with E-state index in [2.05, 4.69) is 19.1 Å². The van der Waals surface area contributed by atoms with Gasteiger partial charge in [0.2, 0.25) is 0 Å². The number of rotatable bonds is 5. The molecular formula is C15H22ClNO2. The highest BCUT2D eigenvalue weighted by molar-refractivity contribution is 5.85. The summed E-state index contributed by atoms with van der Waals surface area (Å²) in [6, 6.07) is 4.12. The molecule has 1 aromatic rings. The Bertz CT molecular complexity index is 450. The molecule has 3 nitrogen and oxygen atoms in total. The van der Waals surface area contributed by atoms with Gasteiger partial charge in [0.15, 0.2) is 0 Å². The van der Waals surface area contributed by atoms with Crippen LogP contribution in [0, 0.1) is 5.92 Å². The van der Waals surface area contributed by atoms with E-state index in [1.54, 1.807) is 0 Å². The SMILES string of the molecule is CCCOc1ccc2c(c1[C@H]1C[C@@H]1CN)CCO2.Cl. The van der Waals surface area contributed by atoms with Gasteiger partial charge in [-0.3, -0.25) is 0 Å². The van der Waals surface area contributed by atoms with Crippen molar-refractivity contribution in [3.05, 3.63) is 23.3 Å². The summed E-state index contributed by atoms with van der Waals surface area (Å²) in [5.41, 5.74) is 8.53. The first kappa shape index (κ1) is 14.5. The molecule has 0 amide bonds. The van der Waals surface area contributed by atoms with Gasteiger partial charge in [-0.05, 0) is 43.4 Å². The van der Waals surface area contributed by atoms with Gasteiger partial charge in [-0.1, -0.05) is 6.92 Å². The zero-order valence-electron chi connectivity index (χ0n) is 11.4. The molecule has 2 aliphatic rings. The molecule has 1 aliphatic heterocycles. The summed E-state index contributed by atoms with van der Waals surface area (Å²) in [6.45, 7) is 4.50. The lowest BCUT2D eigenvalue weighted by Gasteiger charge is -2.14. The van der Waals surface area contributed by atoms with Crippen molar-refractivity contribution in [2.24, 2.45) is 11.7 Å². The Morgan fingerprint density at radius 2 is 2.26 bits per heavy atom. The molecule has 2 N–H and O–H groups in total. The van der Waals surface area contributed by atoms with Crippen molar-refractivity contribution in [2.45, 2.75) is 32.1 Å². The van der Waals surface area contributed by atoms with E-state index >= 15 is 0 Å². The summed E-state index contributed by atoms with van der Waals surface area (Å²) < 4.78 is 11.6. The predicted molar refractivity (Wildman–Crippen MR) is 78.6 cm³/mol. The maximum Gasteiger partial charge on any atom is 0.123 e. The Kier molecular flexibility index (Phi) is 4.58. The van der Waals surface area contributed by atoms with Crippen LogP contribution in [-0.4, -0.2) is 19.8 Å². The molecule has 0 unspecified atom stereocenters. The van der Waals surface area contributed by atoms with Gasteiger partial charge in [-0.15, -0.1) is 12.4 Å². The third kappa shape index (κ3) is 2.67. The van der Waals surface area contributed by atoms with E-state index in [0.717, 1.165) is 44.1 Å². The van der Waals surface area contributed by atoms with Gasteiger partial charge < -0.3 is 15.2 Å². The Morgan fingerprint density at radius 1 is 1.42 bits per heavy atom. The number of hydrogen-bond acceptors (Lipinski definition) is 3. The van der Waals surface area contributed by atoms with Crippen LogP contribution in [0.5, 0.6) is 11.5 Å². The molecule has 106 valence electrons. The summed E-state index contributed by atoms with van der Waals surface area (Å²) in [7, 11) is 0. The summed E-state index contributed by atoms with van der Waals surface area (Å²) in [6.07, 6.45) is 3.26. The average Bonchev–Trinajstić information content (AvgIpc) is 3.02. The number of fused-ring (bicyclic) bond motifs is 1. The van der Waals surface area contributed by atoms with Crippen LogP contribution in [0.2, 0.25) is 0 Å². The van der Waals surface area contributed by atoms with Crippen molar-refractivity contribution in [2.75, 3.05) is 19.8 Å². The molecule has 1 fully saturated rings. The molecule has 0 spiro atoms. The van der Waals surface area contributed by atoms with E-state index in [1.165, 1.54) is 17.5 Å². The van der Waals surface area contributed by atoms with E-state index in [1.807, 2.05) is 0 Å². The zero-order chi connectivity index (χ0) is 12.5. The lowest BCUT2D eigenvalue weighted by molar-refractivity contribution is 0.313. The normalized spacial score (nSPS) is 23.3. The summed E-state index contributed by atoms with van der Waals surface area (Å²) in [5, 5.41) is 0. The maximum atomic E-state index is 5.91. The second-order valence-electron chi connectivity index (χ2n) is 5.24. The van der Waals surface area contributed by atoms with Crippen molar-refractivity contribution >= 4 is 12.4 Å². The predicted octanol–water partition coefficient (Wildman–Crippen LogP) is 2.89. The van der Waals surface area contributed by atoms with Crippen molar-refractivity contribution in [3.63, 3.8) is 0 Å². The zero-order valence-corrected chi connectivity index (χ0v) is 12.2. The van der Waals surface area contributed by atoms with Crippen molar-refractivity contribution in [1.82, 2.24) is 0 Å². The minimum Gasteiger partial charge on any atom is -0.493 e. The van der Waals surface area contributed by atoms with Crippen LogP contribution in [0.1, 0.15) is 36.8 Å². The highest BCUT2D eigenvalue weighted by atomic mass is 35.5.